The largest absolute Gasteiger partial charge is 2.00 e. The van der Waals surface area contributed by atoms with Crippen molar-refractivity contribution in [3.8, 4) is 0 Å². The zero-order chi connectivity index (χ0) is 11.1. The number of nitrogens with zero attached hydrogens (tertiary/aromatic N) is 1. The van der Waals surface area contributed by atoms with Gasteiger partial charge in [-0.1, -0.05) is 44.9 Å². The first-order valence-corrected chi connectivity index (χ1v) is 6.88. The molecule has 0 aromatic carbocycles. The van der Waals surface area contributed by atoms with Crippen LogP contribution in [-0.4, -0.2) is 25.0 Å². The molecule has 2 heteroatoms. The molecule has 18 heavy (non-hydrogen) atoms. The Kier molecular flexibility index (Phi) is 18.2. The van der Waals surface area contributed by atoms with Gasteiger partial charge >= 0.3 is 17.1 Å². The fourth-order valence-electron chi connectivity index (χ4n) is 2.75. The van der Waals surface area contributed by atoms with Gasteiger partial charge in [0.25, 0.3) is 0 Å². The van der Waals surface area contributed by atoms with E-state index in [2.05, 4.69) is 25.9 Å². The van der Waals surface area contributed by atoms with E-state index in [0.29, 0.717) is 0 Å². The monoisotopic (exact) mass is 297 g/mol. The predicted molar refractivity (Wildman–Crippen MR) is 81.0 cm³/mol. The van der Waals surface area contributed by atoms with Gasteiger partial charge in [-0.05, 0) is 39.8 Å². The van der Waals surface area contributed by atoms with E-state index in [1.165, 1.54) is 57.8 Å². The Morgan fingerprint density at radius 3 is 1.39 bits per heavy atom. The summed E-state index contributed by atoms with van der Waals surface area (Å²) >= 11 is 0. The minimum absolute atomic E-state index is 0. The molecule has 0 amide bonds. The Morgan fingerprint density at radius 1 is 0.778 bits per heavy atom. The summed E-state index contributed by atoms with van der Waals surface area (Å²) in [4.78, 5) is 2.34. The topological polar surface area (TPSA) is 3.24 Å². The van der Waals surface area contributed by atoms with Crippen molar-refractivity contribution in [1.82, 2.24) is 4.90 Å². The maximum atomic E-state index is 2.34. The molecular weight excluding hydrogens is 262 g/mol. The van der Waals surface area contributed by atoms with E-state index in [4.69, 9.17) is 0 Å². The van der Waals surface area contributed by atoms with Gasteiger partial charge in [0.1, 0.15) is 0 Å². The summed E-state index contributed by atoms with van der Waals surface area (Å²) < 4.78 is 0. The zero-order valence-corrected chi connectivity index (χ0v) is 14.4. The van der Waals surface area contributed by atoms with Crippen molar-refractivity contribution in [2.45, 2.75) is 70.8 Å². The molecule has 0 aliphatic heterocycles. The fraction of sp³-hybridized carbons (Fsp3) is 0.875. The second-order valence-electron chi connectivity index (χ2n) is 5.52. The van der Waals surface area contributed by atoms with Crippen molar-refractivity contribution in [3.63, 3.8) is 0 Å². The third-order valence-electron chi connectivity index (χ3n) is 4.15. The molecule has 1 nitrogen and oxygen atoms in total. The first-order chi connectivity index (χ1) is 7.22. The van der Waals surface area contributed by atoms with Crippen LogP contribution in [0, 0.1) is 20.8 Å². The standard InChI is InChI=1S/C9H19N.C5H10.2CH3.Fe/c1-8(10(2)3)9-6-4-5-7-9;1-2-4-5-3-1;;;/h8-9H,4-7H2,1-3H3;1-5H2;2*1H3;/q;;2*-1;+2. The molecule has 2 fully saturated rings. The Morgan fingerprint density at radius 2 is 1.11 bits per heavy atom. The third-order valence-corrected chi connectivity index (χ3v) is 4.15. The van der Waals surface area contributed by atoms with Gasteiger partial charge in [-0.25, -0.2) is 0 Å². The molecule has 0 aromatic heterocycles. The molecule has 0 spiro atoms. The van der Waals surface area contributed by atoms with E-state index in [0.717, 1.165) is 12.0 Å². The van der Waals surface area contributed by atoms with E-state index in [9.17, 15) is 0 Å². The molecule has 0 N–H and O–H groups in total. The Hall–Kier alpha value is 0.479. The van der Waals surface area contributed by atoms with Crippen LogP contribution in [0.5, 0.6) is 0 Å². The number of rotatable bonds is 2. The summed E-state index contributed by atoms with van der Waals surface area (Å²) in [5.41, 5.74) is 0. The molecule has 0 bridgehead atoms. The molecule has 0 aromatic rings. The van der Waals surface area contributed by atoms with Gasteiger partial charge in [0.2, 0.25) is 0 Å². The maximum Gasteiger partial charge on any atom is 2.00 e. The molecule has 0 radical (unpaired) electrons. The second-order valence-corrected chi connectivity index (χ2v) is 5.52. The van der Waals surface area contributed by atoms with Crippen molar-refractivity contribution >= 4 is 0 Å². The molecule has 2 aliphatic carbocycles. The number of hydrogen-bond acceptors (Lipinski definition) is 1. The van der Waals surface area contributed by atoms with Crippen molar-refractivity contribution in [2.24, 2.45) is 5.92 Å². The first-order valence-electron chi connectivity index (χ1n) is 6.88. The van der Waals surface area contributed by atoms with E-state index < -0.39 is 0 Å². The van der Waals surface area contributed by atoms with Crippen LogP contribution >= 0.6 is 0 Å². The van der Waals surface area contributed by atoms with E-state index >= 15 is 0 Å². The summed E-state index contributed by atoms with van der Waals surface area (Å²) in [6, 6.07) is 0.794. The van der Waals surface area contributed by atoms with Gasteiger partial charge in [-0.15, -0.1) is 0 Å². The summed E-state index contributed by atoms with van der Waals surface area (Å²) in [6.45, 7) is 2.34. The molecule has 112 valence electrons. The van der Waals surface area contributed by atoms with Gasteiger partial charge in [0.05, 0.1) is 0 Å². The molecule has 2 aliphatic rings. The van der Waals surface area contributed by atoms with Gasteiger partial charge in [0, 0.05) is 6.04 Å². The van der Waals surface area contributed by atoms with Crippen LogP contribution in [0.1, 0.15) is 64.7 Å². The van der Waals surface area contributed by atoms with Gasteiger partial charge in [-0.2, -0.15) is 0 Å². The predicted octanol–water partition coefficient (Wildman–Crippen LogP) is 4.98. The van der Waals surface area contributed by atoms with Crippen LogP contribution in [0.4, 0.5) is 0 Å². The molecule has 1 unspecified atom stereocenters. The van der Waals surface area contributed by atoms with Crippen LogP contribution in [0.2, 0.25) is 0 Å². The molecule has 1 atom stereocenters. The van der Waals surface area contributed by atoms with Crippen LogP contribution < -0.4 is 0 Å². The summed E-state index contributed by atoms with van der Waals surface area (Å²) in [5.74, 6) is 0.981. The van der Waals surface area contributed by atoms with Crippen molar-refractivity contribution in [2.75, 3.05) is 14.1 Å². The molecule has 2 rings (SSSR count). The minimum atomic E-state index is 0. The Bertz CT molecular complexity index is 142. The van der Waals surface area contributed by atoms with Crippen LogP contribution in [0.15, 0.2) is 0 Å². The summed E-state index contributed by atoms with van der Waals surface area (Å²) in [6.07, 6.45) is 13.3. The van der Waals surface area contributed by atoms with E-state index in [1.807, 2.05) is 0 Å². The molecule has 0 saturated heterocycles. The smallest absolute Gasteiger partial charge is 0.358 e. The van der Waals surface area contributed by atoms with Crippen LogP contribution in [0.3, 0.4) is 0 Å². The first kappa shape index (κ1) is 23.6. The SMILES string of the molecule is C1CCCC1.CC(C1CCCC1)N(C)C.[CH3-].[CH3-].[Fe+2]. The molecule has 2 saturated carbocycles. The Labute approximate surface area is 128 Å². The Balaban J connectivity index is -0.000000245. The summed E-state index contributed by atoms with van der Waals surface area (Å²) in [7, 11) is 4.37. The zero-order valence-electron chi connectivity index (χ0n) is 13.3. The molecule has 0 heterocycles. The van der Waals surface area contributed by atoms with E-state index in [1.54, 1.807) is 0 Å². The quantitative estimate of drug-likeness (QED) is 0.513. The molecular formula is C16H35FeN. The average Bonchev–Trinajstić information content (AvgIpc) is 2.92. The fourth-order valence-corrected chi connectivity index (χ4v) is 2.75. The van der Waals surface area contributed by atoms with E-state index in [-0.39, 0.29) is 31.9 Å². The summed E-state index contributed by atoms with van der Waals surface area (Å²) in [5, 5.41) is 0. The van der Waals surface area contributed by atoms with Crippen molar-refractivity contribution < 1.29 is 17.1 Å². The third kappa shape index (κ3) is 9.41. The number of hydrogen-bond donors (Lipinski definition) is 0. The van der Waals surface area contributed by atoms with Gasteiger partial charge in [-0.3, -0.25) is 0 Å². The van der Waals surface area contributed by atoms with Crippen molar-refractivity contribution in [3.05, 3.63) is 14.9 Å². The van der Waals surface area contributed by atoms with Crippen LogP contribution in [0.25, 0.3) is 0 Å². The average molecular weight is 297 g/mol. The van der Waals surface area contributed by atoms with Crippen molar-refractivity contribution in [1.29, 1.82) is 0 Å². The maximum absolute atomic E-state index is 2.34. The second kappa shape index (κ2) is 13.9. The van der Waals surface area contributed by atoms with Gasteiger partial charge < -0.3 is 19.8 Å². The van der Waals surface area contributed by atoms with Gasteiger partial charge in [0.15, 0.2) is 0 Å². The van der Waals surface area contributed by atoms with Crippen LogP contribution in [-0.2, 0) is 17.1 Å². The minimum Gasteiger partial charge on any atom is -0.358 e. The normalized spacial score (nSPS) is 20.0.